The highest BCUT2D eigenvalue weighted by molar-refractivity contribution is 5.69. The van der Waals surface area contributed by atoms with E-state index in [-0.39, 0.29) is 19.7 Å². The highest BCUT2D eigenvalue weighted by Crippen LogP contribution is 2.32. The maximum absolute atomic E-state index is 14.2. The van der Waals surface area contributed by atoms with E-state index >= 15 is 0 Å². The minimum absolute atomic E-state index is 0.0171. The van der Waals surface area contributed by atoms with Gasteiger partial charge in [0.1, 0.15) is 11.8 Å². The van der Waals surface area contributed by atoms with Crippen molar-refractivity contribution in [2.75, 3.05) is 6.54 Å². The number of hydrogen-bond acceptors (Lipinski definition) is 3. The van der Waals surface area contributed by atoms with Gasteiger partial charge in [0, 0.05) is 6.54 Å². The summed E-state index contributed by atoms with van der Waals surface area (Å²) < 4.78 is 19.5. The van der Waals surface area contributed by atoms with E-state index in [9.17, 15) is 14.3 Å². The van der Waals surface area contributed by atoms with E-state index in [1.165, 1.54) is 4.90 Å². The summed E-state index contributed by atoms with van der Waals surface area (Å²) in [4.78, 5) is 13.4. The number of alkyl halides is 1. The van der Waals surface area contributed by atoms with Gasteiger partial charge in [-0.3, -0.25) is 0 Å². The first-order chi connectivity index (χ1) is 9.31. The summed E-state index contributed by atoms with van der Waals surface area (Å²) in [7, 11) is 0. The third kappa shape index (κ3) is 3.10. The average molecular weight is 281 g/mol. The molecule has 0 radical (unpaired) electrons. The van der Waals surface area contributed by atoms with Gasteiger partial charge >= 0.3 is 6.09 Å². The molecule has 0 fully saturated rings. The van der Waals surface area contributed by atoms with E-state index in [0.717, 1.165) is 0 Å². The van der Waals surface area contributed by atoms with Crippen LogP contribution in [0.1, 0.15) is 43.6 Å². The zero-order valence-electron chi connectivity index (χ0n) is 12.0. The molecular weight excluding hydrogens is 261 g/mol. The number of halogens is 1. The Hall–Kier alpha value is -1.62. The van der Waals surface area contributed by atoms with Crippen LogP contribution < -0.4 is 0 Å². The topological polar surface area (TPSA) is 49.8 Å². The number of aliphatic hydroxyl groups is 1. The predicted molar refractivity (Wildman–Crippen MR) is 72.9 cm³/mol. The van der Waals surface area contributed by atoms with E-state index in [2.05, 4.69) is 0 Å². The fourth-order valence-electron chi connectivity index (χ4n) is 2.30. The van der Waals surface area contributed by atoms with Gasteiger partial charge in [0.25, 0.3) is 0 Å². The summed E-state index contributed by atoms with van der Waals surface area (Å²) >= 11 is 0. The molecule has 1 amide bonds. The molecule has 1 aromatic carbocycles. The Balaban J connectivity index is 2.24. The van der Waals surface area contributed by atoms with E-state index in [0.29, 0.717) is 16.7 Å². The van der Waals surface area contributed by atoms with E-state index in [1.54, 1.807) is 39.0 Å². The number of ether oxygens (including phenoxy) is 1. The average Bonchev–Trinajstić information content (AvgIpc) is 2.36. The van der Waals surface area contributed by atoms with Gasteiger partial charge in [0.05, 0.1) is 13.2 Å². The number of hydrogen-bond donors (Lipinski definition) is 1. The van der Waals surface area contributed by atoms with Gasteiger partial charge < -0.3 is 14.7 Å². The van der Waals surface area contributed by atoms with Gasteiger partial charge in [-0.15, -0.1) is 0 Å². The summed E-state index contributed by atoms with van der Waals surface area (Å²) in [6.07, 6.45) is -1.78. The third-order valence-electron chi connectivity index (χ3n) is 3.20. The Kier molecular flexibility index (Phi) is 3.99. The standard InChI is InChI=1S/C15H20FNO3/c1-15(2,3)20-14(19)17-7-12-10(9-18)5-4-6-11(12)13(16)8-17/h4-6,13,18H,7-9H2,1-3H3/t13-/m0/s1. The monoisotopic (exact) mass is 281 g/mol. The maximum atomic E-state index is 14.2. The van der Waals surface area contributed by atoms with Crippen LogP contribution in [0.2, 0.25) is 0 Å². The number of nitrogens with zero attached hydrogens (tertiary/aromatic N) is 1. The second kappa shape index (κ2) is 5.40. The van der Waals surface area contributed by atoms with Crippen LogP contribution in [0.3, 0.4) is 0 Å². The van der Waals surface area contributed by atoms with Crippen molar-refractivity contribution in [1.82, 2.24) is 4.90 Å². The molecular formula is C15H20FNO3. The van der Waals surface area contributed by atoms with E-state index < -0.39 is 17.9 Å². The molecule has 20 heavy (non-hydrogen) atoms. The molecule has 0 aromatic heterocycles. The highest BCUT2D eigenvalue weighted by Gasteiger charge is 2.31. The van der Waals surface area contributed by atoms with Crippen molar-refractivity contribution in [3.8, 4) is 0 Å². The van der Waals surface area contributed by atoms with E-state index in [4.69, 9.17) is 4.74 Å². The second-order valence-electron chi connectivity index (χ2n) is 5.97. The summed E-state index contributed by atoms with van der Waals surface area (Å²) in [5.74, 6) is 0. The quantitative estimate of drug-likeness (QED) is 0.861. The molecule has 0 unspecified atom stereocenters. The number of rotatable bonds is 1. The van der Waals surface area contributed by atoms with Crippen molar-refractivity contribution in [3.05, 3.63) is 34.9 Å². The molecule has 0 saturated heterocycles. The fraction of sp³-hybridized carbons (Fsp3) is 0.533. The molecule has 1 aromatic rings. The first-order valence-electron chi connectivity index (χ1n) is 6.65. The molecule has 4 nitrogen and oxygen atoms in total. The normalized spacial score (nSPS) is 18.6. The summed E-state index contributed by atoms with van der Waals surface area (Å²) in [6, 6.07) is 5.16. The molecule has 0 spiro atoms. The van der Waals surface area contributed by atoms with Gasteiger partial charge in [-0.1, -0.05) is 18.2 Å². The van der Waals surface area contributed by atoms with Crippen molar-refractivity contribution < 1.29 is 19.0 Å². The molecule has 0 bridgehead atoms. The maximum Gasteiger partial charge on any atom is 0.410 e. The molecule has 110 valence electrons. The van der Waals surface area contributed by atoms with Gasteiger partial charge in [-0.2, -0.15) is 0 Å². The van der Waals surface area contributed by atoms with Crippen LogP contribution in [-0.2, 0) is 17.9 Å². The summed E-state index contributed by atoms with van der Waals surface area (Å²) in [5.41, 5.74) is 1.27. The molecule has 0 saturated carbocycles. The second-order valence-corrected chi connectivity index (χ2v) is 5.97. The number of fused-ring (bicyclic) bond motifs is 1. The first-order valence-corrected chi connectivity index (χ1v) is 6.65. The number of aliphatic hydroxyl groups excluding tert-OH is 1. The minimum atomic E-state index is -1.25. The van der Waals surface area contributed by atoms with Crippen molar-refractivity contribution in [2.45, 2.75) is 45.7 Å². The number of benzene rings is 1. The zero-order valence-corrected chi connectivity index (χ0v) is 12.0. The SMILES string of the molecule is CC(C)(C)OC(=O)N1Cc2c(CO)cccc2[C@@H](F)C1. The molecule has 1 N–H and O–H groups in total. The number of amides is 1. The third-order valence-corrected chi connectivity index (χ3v) is 3.20. The van der Waals surface area contributed by atoms with Crippen molar-refractivity contribution in [2.24, 2.45) is 0 Å². The lowest BCUT2D eigenvalue weighted by atomic mass is 9.94. The lowest BCUT2D eigenvalue weighted by molar-refractivity contribution is 0.0157. The van der Waals surface area contributed by atoms with Crippen molar-refractivity contribution in [3.63, 3.8) is 0 Å². The van der Waals surface area contributed by atoms with Crippen LogP contribution in [0.4, 0.5) is 9.18 Å². The van der Waals surface area contributed by atoms with E-state index in [1.807, 2.05) is 0 Å². The van der Waals surface area contributed by atoms with Crippen LogP contribution in [0, 0.1) is 0 Å². The Morgan fingerprint density at radius 1 is 1.50 bits per heavy atom. The van der Waals surface area contributed by atoms with Crippen LogP contribution in [0.5, 0.6) is 0 Å². The summed E-state index contributed by atoms with van der Waals surface area (Å²) in [6.45, 7) is 5.40. The molecule has 1 atom stereocenters. The molecule has 2 rings (SSSR count). The van der Waals surface area contributed by atoms with Gasteiger partial charge in [-0.05, 0) is 37.5 Å². The lowest BCUT2D eigenvalue weighted by Gasteiger charge is -2.33. The lowest BCUT2D eigenvalue weighted by Crippen LogP contribution is -2.41. The highest BCUT2D eigenvalue weighted by atomic mass is 19.1. The molecule has 5 heteroatoms. The fourth-order valence-corrected chi connectivity index (χ4v) is 2.30. The molecule has 1 heterocycles. The van der Waals surface area contributed by atoms with Gasteiger partial charge in [-0.25, -0.2) is 9.18 Å². The Morgan fingerprint density at radius 3 is 2.80 bits per heavy atom. The van der Waals surface area contributed by atoms with Crippen LogP contribution in [0.15, 0.2) is 18.2 Å². The first kappa shape index (κ1) is 14.8. The molecule has 0 aliphatic carbocycles. The largest absolute Gasteiger partial charge is 0.444 e. The Labute approximate surface area is 118 Å². The van der Waals surface area contributed by atoms with Crippen LogP contribution in [-0.4, -0.2) is 28.2 Å². The Morgan fingerprint density at radius 2 is 2.20 bits per heavy atom. The molecule has 1 aliphatic rings. The zero-order chi connectivity index (χ0) is 14.9. The summed E-state index contributed by atoms with van der Waals surface area (Å²) in [5, 5.41) is 9.33. The van der Waals surface area contributed by atoms with Gasteiger partial charge in [0.15, 0.2) is 0 Å². The number of carbonyl (C=O) groups excluding carboxylic acids is 1. The molecule has 1 aliphatic heterocycles. The Bertz CT molecular complexity index is 510. The van der Waals surface area contributed by atoms with Crippen molar-refractivity contribution >= 4 is 6.09 Å². The van der Waals surface area contributed by atoms with Crippen LogP contribution >= 0.6 is 0 Å². The number of carbonyl (C=O) groups is 1. The predicted octanol–water partition coefficient (Wildman–Crippen LogP) is 2.94. The minimum Gasteiger partial charge on any atom is -0.444 e. The smallest absolute Gasteiger partial charge is 0.410 e. The van der Waals surface area contributed by atoms with Crippen molar-refractivity contribution in [1.29, 1.82) is 0 Å². The van der Waals surface area contributed by atoms with Gasteiger partial charge in [0.2, 0.25) is 0 Å². The van der Waals surface area contributed by atoms with Crippen LogP contribution in [0.25, 0.3) is 0 Å².